The molecule has 12 heteroatoms. The van der Waals surface area contributed by atoms with Crippen molar-refractivity contribution in [2.24, 2.45) is 5.41 Å². The zero-order valence-corrected chi connectivity index (χ0v) is 25.5. The van der Waals surface area contributed by atoms with Crippen molar-refractivity contribution < 1.29 is 27.4 Å². The van der Waals surface area contributed by atoms with Gasteiger partial charge in [0.2, 0.25) is 11.8 Å². The number of benzene rings is 2. The molecule has 1 aliphatic heterocycles. The molecule has 1 aliphatic carbocycles. The van der Waals surface area contributed by atoms with Gasteiger partial charge in [-0.1, -0.05) is 33.6 Å². The zero-order chi connectivity index (χ0) is 30.6. The third-order valence-electron chi connectivity index (χ3n) is 7.73. The second-order valence-corrected chi connectivity index (χ2v) is 12.4. The van der Waals surface area contributed by atoms with Crippen molar-refractivity contribution in [2.75, 3.05) is 25.0 Å². The van der Waals surface area contributed by atoms with Crippen molar-refractivity contribution in [1.82, 2.24) is 9.88 Å². The van der Waals surface area contributed by atoms with Gasteiger partial charge >= 0.3 is 0 Å². The molecule has 1 saturated carbocycles. The number of carbonyl (C=O) groups is 1. The van der Waals surface area contributed by atoms with E-state index in [9.17, 15) is 23.2 Å². The maximum absolute atomic E-state index is 14.9. The second kappa shape index (κ2) is 13.5. The molecular weight excluding hydrogens is 649 g/mol. The number of hydrogen-bond acceptors (Lipinski definition) is 6. The van der Waals surface area contributed by atoms with Crippen molar-refractivity contribution in [2.45, 2.75) is 51.2 Å². The molecule has 3 aromatic rings. The molecular formula is C31H29BrClF3N4O3. The molecule has 1 saturated heterocycles. The lowest BCUT2D eigenvalue weighted by Gasteiger charge is -2.31. The van der Waals surface area contributed by atoms with Gasteiger partial charge in [-0.3, -0.25) is 9.69 Å². The van der Waals surface area contributed by atoms with Crippen molar-refractivity contribution in [3.8, 4) is 17.8 Å². The lowest BCUT2D eigenvalue weighted by molar-refractivity contribution is -0.117. The average molecular weight is 678 g/mol. The Kier molecular flexibility index (Phi) is 9.79. The van der Waals surface area contributed by atoms with Crippen LogP contribution in [-0.4, -0.2) is 41.5 Å². The van der Waals surface area contributed by atoms with Crippen LogP contribution in [-0.2, 0) is 17.8 Å². The number of halogens is 5. The van der Waals surface area contributed by atoms with E-state index in [1.54, 1.807) is 6.07 Å². The minimum absolute atomic E-state index is 0.0824. The van der Waals surface area contributed by atoms with Crippen LogP contribution in [0.5, 0.6) is 11.8 Å². The summed E-state index contributed by atoms with van der Waals surface area (Å²) < 4.78 is 55.2. The predicted octanol–water partition coefficient (Wildman–Crippen LogP) is 7.21. The van der Waals surface area contributed by atoms with E-state index < -0.39 is 17.5 Å². The van der Waals surface area contributed by atoms with Gasteiger partial charge in [-0.05, 0) is 73.4 Å². The summed E-state index contributed by atoms with van der Waals surface area (Å²) in [6.07, 6.45) is 3.70. The first-order valence-corrected chi connectivity index (χ1v) is 15.1. The van der Waals surface area contributed by atoms with Gasteiger partial charge in [-0.2, -0.15) is 10.2 Å². The van der Waals surface area contributed by atoms with Gasteiger partial charge in [0.05, 0.1) is 18.3 Å². The van der Waals surface area contributed by atoms with Crippen LogP contribution in [0.4, 0.5) is 18.9 Å². The first-order chi connectivity index (χ1) is 20.6. The van der Waals surface area contributed by atoms with Crippen molar-refractivity contribution in [3.05, 3.63) is 80.5 Å². The number of nitrogens with one attached hydrogen (secondary N) is 1. The maximum atomic E-state index is 14.9. The molecule has 1 aromatic heterocycles. The fraction of sp³-hybridized carbons (Fsp3) is 0.387. The van der Waals surface area contributed by atoms with Crippen molar-refractivity contribution >= 4 is 39.1 Å². The monoisotopic (exact) mass is 676 g/mol. The molecule has 0 radical (unpaired) electrons. The smallest absolute Gasteiger partial charge is 0.254 e. The van der Waals surface area contributed by atoms with Crippen LogP contribution in [0.25, 0.3) is 0 Å². The first kappa shape index (κ1) is 31.1. The molecule has 226 valence electrons. The molecule has 2 aliphatic rings. The number of pyridine rings is 1. The first-order valence-electron chi connectivity index (χ1n) is 13.9. The van der Waals surface area contributed by atoms with E-state index in [1.807, 2.05) is 4.90 Å². The summed E-state index contributed by atoms with van der Waals surface area (Å²) in [4.78, 5) is 19.0. The summed E-state index contributed by atoms with van der Waals surface area (Å²) in [6, 6.07) is 12.0. The number of piperidine rings is 1. The Labute approximate surface area is 261 Å². The number of rotatable bonds is 11. The van der Waals surface area contributed by atoms with Crippen LogP contribution in [0.2, 0.25) is 5.02 Å². The molecule has 0 spiro atoms. The van der Waals surface area contributed by atoms with Gasteiger partial charge in [-0.25, -0.2) is 13.2 Å². The summed E-state index contributed by atoms with van der Waals surface area (Å²) in [7, 11) is 0. The number of carbonyl (C=O) groups excluding carboxylic acids is 1. The minimum Gasteiger partial charge on any atom is -0.474 e. The lowest BCUT2D eigenvalue weighted by Crippen LogP contribution is -2.42. The Bertz CT molecular complexity index is 1540. The number of anilines is 1. The molecule has 7 nitrogen and oxygen atoms in total. The highest BCUT2D eigenvalue weighted by Crippen LogP contribution is 2.52. The zero-order valence-electron chi connectivity index (χ0n) is 23.1. The van der Waals surface area contributed by atoms with Crippen LogP contribution >= 0.6 is 27.5 Å². The molecule has 5 rings (SSSR count). The fourth-order valence-corrected chi connectivity index (χ4v) is 5.80. The van der Waals surface area contributed by atoms with E-state index in [0.29, 0.717) is 48.8 Å². The Balaban J connectivity index is 1.12. The van der Waals surface area contributed by atoms with E-state index in [-0.39, 0.29) is 58.6 Å². The average Bonchev–Trinajstić information content (AvgIpc) is 3.71. The lowest BCUT2D eigenvalue weighted by atomic mass is 9.92. The number of ether oxygens (including phenoxy) is 2. The molecule has 1 N–H and O–H groups in total. The third kappa shape index (κ3) is 8.19. The Morgan fingerprint density at radius 1 is 1.09 bits per heavy atom. The van der Waals surface area contributed by atoms with Gasteiger partial charge in [0, 0.05) is 40.6 Å². The SMILES string of the molecule is N#CCC1(Cc2cc(Br)cc(F)c2NC(=O)CN2CCC(Oc3ccc(F)c(OCc4ccc(Cl)cc4F)n3)CC2)CC1. The Morgan fingerprint density at radius 3 is 2.56 bits per heavy atom. The number of hydrogen-bond donors (Lipinski definition) is 1. The van der Waals surface area contributed by atoms with Crippen LogP contribution in [0.3, 0.4) is 0 Å². The van der Waals surface area contributed by atoms with Crippen molar-refractivity contribution in [1.29, 1.82) is 5.26 Å². The van der Waals surface area contributed by atoms with Gasteiger partial charge in [0.25, 0.3) is 5.88 Å². The van der Waals surface area contributed by atoms with Crippen LogP contribution < -0.4 is 14.8 Å². The third-order valence-corrected chi connectivity index (χ3v) is 8.43. The topological polar surface area (TPSA) is 87.5 Å². The van der Waals surface area contributed by atoms with E-state index in [2.05, 4.69) is 32.3 Å². The Hall–Kier alpha value is -3.33. The van der Waals surface area contributed by atoms with Gasteiger partial charge in [-0.15, -0.1) is 0 Å². The maximum Gasteiger partial charge on any atom is 0.254 e. The van der Waals surface area contributed by atoms with Gasteiger partial charge in [0.15, 0.2) is 5.82 Å². The van der Waals surface area contributed by atoms with E-state index in [0.717, 1.165) is 18.9 Å². The van der Waals surface area contributed by atoms with Gasteiger partial charge < -0.3 is 14.8 Å². The number of amides is 1. The molecule has 2 fully saturated rings. The molecule has 0 atom stereocenters. The fourth-order valence-electron chi connectivity index (χ4n) is 5.17. The minimum atomic E-state index is -0.703. The molecule has 1 amide bonds. The molecule has 0 bridgehead atoms. The quantitative estimate of drug-likeness (QED) is 0.231. The van der Waals surface area contributed by atoms with Crippen LogP contribution in [0.15, 0.2) is 46.9 Å². The number of aromatic nitrogens is 1. The number of likely N-dealkylation sites (tertiary alicyclic amines) is 1. The molecule has 43 heavy (non-hydrogen) atoms. The van der Waals surface area contributed by atoms with Crippen molar-refractivity contribution in [3.63, 3.8) is 0 Å². The molecule has 0 unspecified atom stereocenters. The normalized spacial score (nSPS) is 16.4. The van der Waals surface area contributed by atoms with Crippen LogP contribution in [0.1, 0.15) is 43.2 Å². The summed E-state index contributed by atoms with van der Waals surface area (Å²) in [5, 5.41) is 12.2. The Morgan fingerprint density at radius 2 is 1.86 bits per heavy atom. The predicted molar refractivity (Wildman–Crippen MR) is 158 cm³/mol. The van der Waals surface area contributed by atoms with E-state index in [1.165, 1.54) is 30.3 Å². The highest BCUT2D eigenvalue weighted by molar-refractivity contribution is 9.10. The van der Waals surface area contributed by atoms with Crippen LogP contribution in [0, 0.1) is 34.2 Å². The summed E-state index contributed by atoms with van der Waals surface area (Å²) in [6.45, 7) is 0.959. The van der Waals surface area contributed by atoms with E-state index in [4.69, 9.17) is 21.1 Å². The number of nitrogens with zero attached hydrogens (tertiary/aromatic N) is 3. The standard InChI is InChI=1S/C31H29BrClF3N4O3/c32-21-13-20(16-31(7-8-31)9-10-37)29(26(36)14-21)38-27(41)17-40-11-5-23(6-12-40)43-28-4-3-24(34)30(39-28)42-18-19-1-2-22(33)15-25(19)35/h1-4,13-15,23H,5-9,11-12,16-18H2,(H,38,41). The van der Waals surface area contributed by atoms with E-state index >= 15 is 0 Å². The second-order valence-electron chi connectivity index (χ2n) is 11.0. The summed E-state index contributed by atoms with van der Waals surface area (Å²) in [5.74, 6) is -2.25. The highest BCUT2D eigenvalue weighted by Gasteiger charge is 2.43. The summed E-state index contributed by atoms with van der Waals surface area (Å²) >= 11 is 9.10. The summed E-state index contributed by atoms with van der Waals surface area (Å²) in [5.41, 5.74) is 0.895. The molecule has 2 heterocycles. The number of nitriles is 1. The van der Waals surface area contributed by atoms with Gasteiger partial charge in [0.1, 0.15) is 24.3 Å². The molecule has 2 aromatic carbocycles. The largest absolute Gasteiger partial charge is 0.474 e. The highest BCUT2D eigenvalue weighted by atomic mass is 79.9.